The fourth-order valence-electron chi connectivity index (χ4n) is 3.07. The van der Waals surface area contributed by atoms with Crippen LogP contribution in [0.2, 0.25) is 0 Å². The van der Waals surface area contributed by atoms with Gasteiger partial charge >= 0.3 is 0 Å². The van der Waals surface area contributed by atoms with Gasteiger partial charge in [-0.1, -0.05) is 30.3 Å². The van der Waals surface area contributed by atoms with Crippen molar-refractivity contribution in [2.75, 3.05) is 12.3 Å². The number of amides is 1. The van der Waals surface area contributed by atoms with Crippen LogP contribution in [0.3, 0.4) is 0 Å². The van der Waals surface area contributed by atoms with Crippen LogP contribution in [-0.4, -0.2) is 32.4 Å². The molecule has 0 aliphatic rings. The zero-order chi connectivity index (χ0) is 18.6. The fourth-order valence-corrected chi connectivity index (χ4v) is 3.07. The molecule has 0 fully saturated rings. The lowest BCUT2D eigenvalue weighted by Gasteiger charge is -2.05. The summed E-state index contributed by atoms with van der Waals surface area (Å²) in [5.41, 5.74) is 9.26. The molecule has 7 nitrogen and oxygen atoms in total. The molecule has 1 amide bonds. The number of benzene rings is 2. The third-order valence-electron chi connectivity index (χ3n) is 4.40. The van der Waals surface area contributed by atoms with Crippen molar-refractivity contribution >= 4 is 22.6 Å². The summed E-state index contributed by atoms with van der Waals surface area (Å²) in [5, 5.41) is 15.3. The number of anilines is 1. The van der Waals surface area contributed by atoms with Gasteiger partial charge in [-0.15, -0.1) is 0 Å². The van der Waals surface area contributed by atoms with Crippen molar-refractivity contribution in [3.05, 3.63) is 72.1 Å². The Kier molecular flexibility index (Phi) is 4.57. The van der Waals surface area contributed by atoms with Crippen molar-refractivity contribution < 1.29 is 4.79 Å². The Balaban J connectivity index is 1.34. The first-order valence-corrected chi connectivity index (χ1v) is 8.82. The Morgan fingerprint density at radius 2 is 2.00 bits per heavy atom. The van der Waals surface area contributed by atoms with Crippen molar-refractivity contribution in [2.24, 2.45) is 0 Å². The third kappa shape index (κ3) is 3.52. The highest BCUT2D eigenvalue weighted by molar-refractivity contribution is 6.05. The van der Waals surface area contributed by atoms with E-state index >= 15 is 0 Å². The van der Waals surface area contributed by atoms with E-state index in [4.69, 9.17) is 5.73 Å². The average Bonchev–Trinajstić information content (AvgIpc) is 3.32. The number of aryl methyl sites for hydroxylation is 1. The van der Waals surface area contributed by atoms with Gasteiger partial charge in [-0.3, -0.25) is 9.89 Å². The number of hydrogen-bond acceptors (Lipinski definition) is 4. The number of carbonyl (C=O) groups excluding carboxylic acids is 1. The highest BCUT2D eigenvalue weighted by Crippen LogP contribution is 2.16. The number of carbonyl (C=O) groups is 1. The van der Waals surface area contributed by atoms with Crippen molar-refractivity contribution in [1.29, 1.82) is 0 Å². The van der Waals surface area contributed by atoms with Gasteiger partial charge in [-0.2, -0.15) is 10.2 Å². The van der Waals surface area contributed by atoms with Gasteiger partial charge in [0.15, 0.2) is 0 Å². The number of para-hydroxylation sites is 2. The summed E-state index contributed by atoms with van der Waals surface area (Å²) in [6.07, 6.45) is 3.22. The topological polar surface area (TPSA) is 102 Å². The molecule has 4 rings (SSSR count). The second-order valence-corrected chi connectivity index (χ2v) is 6.31. The predicted molar refractivity (Wildman–Crippen MR) is 105 cm³/mol. The molecule has 27 heavy (non-hydrogen) atoms. The number of aromatic nitrogens is 4. The molecule has 4 N–H and O–H groups in total. The predicted octanol–water partition coefficient (Wildman–Crippen LogP) is 2.69. The highest BCUT2D eigenvalue weighted by Gasteiger charge is 2.11. The maximum atomic E-state index is 12.4. The number of hydrogen-bond donors (Lipinski definition) is 3. The van der Waals surface area contributed by atoms with E-state index in [2.05, 4.69) is 20.6 Å². The van der Waals surface area contributed by atoms with E-state index in [1.807, 2.05) is 48.5 Å². The van der Waals surface area contributed by atoms with Gasteiger partial charge in [0.1, 0.15) is 5.82 Å². The monoisotopic (exact) mass is 360 g/mol. The molecule has 0 saturated carbocycles. The van der Waals surface area contributed by atoms with Crippen LogP contribution in [0.15, 0.2) is 60.8 Å². The Hall–Kier alpha value is -3.61. The number of rotatable bonds is 6. The minimum absolute atomic E-state index is 0.112. The number of H-pyrrole nitrogens is 1. The largest absolute Gasteiger partial charge is 0.384 e. The maximum absolute atomic E-state index is 12.4. The van der Waals surface area contributed by atoms with Crippen molar-refractivity contribution in [2.45, 2.75) is 12.8 Å². The lowest BCUT2D eigenvalue weighted by Crippen LogP contribution is -2.25. The summed E-state index contributed by atoms with van der Waals surface area (Å²) in [4.78, 5) is 12.4. The second-order valence-electron chi connectivity index (χ2n) is 6.31. The maximum Gasteiger partial charge on any atom is 0.253 e. The first-order valence-electron chi connectivity index (χ1n) is 8.82. The van der Waals surface area contributed by atoms with Crippen molar-refractivity contribution in [1.82, 2.24) is 25.3 Å². The number of aromatic amines is 1. The minimum Gasteiger partial charge on any atom is -0.384 e. The Morgan fingerprint density at radius 1 is 1.15 bits per heavy atom. The molecule has 2 aromatic heterocycles. The normalized spacial score (nSPS) is 11.0. The van der Waals surface area contributed by atoms with E-state index in [1.165, 1.54) is 0 Å². The van der Waals surface area contributed by atoms with E-state index in [-0.39, 0.29) is 5.91 Å². The van der Waals surface area contributed by atoms with Crippen LogP contribution in [0, 0.1) is 0 Å². The number of nitrogens with one attached hydrogen (secondary N) is 2. The van der Waals surface area contributed by atoms with Gasteiger partial charge in [0.05, 0.1) is 28.7 Å². The first-order chi connectivity index (χ1) is 13.2. The first kappa shape index (κ1) is 16.8. The average molecular weight is 360 g/mol. The molecule has 0 aliphatic carbocycles. The minimum atomic E-state index is -0.112. The summed E-state index contributed by atoms with van der Waals surface area (Å²) >= 11 is 0. The summed E-state index contributed by atoms with van der Waals surface area (Å²) in [7, 11) is 0. The van der Waals surface area contributed by atoms with Crippen molar-refractivity contribution in [3.63, 3.8) is 0 Å². The van der Waals surface area contributed by atoms with Crippen LogP contribution < -0.4 is 11.1 Å². The molecular weight excluding hydrogens is 340 g/mol. The van der Waals surface area contributed by atoms with Crippen LogP contribution in [0.1, 0.15) is 22.5 Å². The van der Waals surface area contributed by atoms with Gasteiger partial charge in [0, 0.05) is 18.0 Å². The van der Waals surface area contributed by atoms with Crippen LogP contribution >= 0.6 is 0 Å². The second kappa shape index (κ2) is 7.33. The summed E-state index contributed by atoms with van der Waals surface area (Å²) in [6, 6.07) is 17.2. The third-order valence-corrected chi connectivity index (χ3v) is 4.40. The summed E-state index contributed by atoms with van der Waals surface area (Å²) in [5.74, 6) is 0.491. The van der Waals surface area contributed by atoms with Crippen LogP contribution in [-0.2, 0) is 6.42 Å². The molecule has 2 aromatic carbocycles. The molecule has 0 atom stereocenters. The Bertz CT molecular complexity index is 1070. The van der Waals surface area contributed by atoms with Gasteiger partial charge in [0.25, 0.3) is 5.91 Å². The summed E-state index contributed by atoms with van der Waals surface area (Å²) < 4.78 is 1.73. The molecule has 0 bridgehead atoms. The molecule has 0 saturated heterocycles. The Morgan fingerprint density at radius 3 is 2.85 bits per heavy atom. The van der Waals surface area contributed by atoms with Crippen LogP contribution in [0.25, 0.3) is 16.6 Å². The zero-order valence-electron chi connectivity index (χ0n) is 14.7. The standard InChI is InChI=1S/C20H20N6O/c21-18-12-15(25-26(18)16-8-2-1-3-9-16)7-5-11-22-20(27)17-10-4-6-14-13-23-24-19(14)17/h1-4,6,8-10,12-13H,5,7,11,21H2,(H,22,27)(H,23,24). The zero-order valence-corrected chi connectivity index (χ0v) is 14.7. The van der Waals surface area contributed by atoms with E-state index in [0.717, 1.165) is 35.1 Å². The summed E-state index contributed by atoms with van der Waals surface area (Å²) in [6.45, 7) is 0.557. The Labute approximate surface area is 156 Å². The van der Waals surface area contributed by atoms with Crippen molar-refractivity contribution in [3.8, 4) is 5.69 Å². The molecular formula is C20H20N6O. The van der Waals surface area contributed by atoms with E-state index in [1.54, 1.807) is 16.9 Å². The van der Waals surface area contributed by atoms with Crippen LogP contribution in [0.5, 0.6) is 0 Å². The lowest BCUT2D eigenvalue weighted by molar-refractivity contribution is 0.0954. The number of nitrogens with zero attached hydrogens (tertiary/aromatic N) is 3. The van der Waals surface area contributed by atoms with Gasteiger partial charge in [-0.25, -0.2) is 4.68 Å². The molecule has 0 unspecified atom stereocenters. The number of nitrogens with two attached hydrogens (primary N) is 1. The molecule has 0 spiro atoms. The lowest BCUT2D eigenvalue weighted by atomic mass is 10.1. The molecule has 136 valence electrons. The van der Waals surface area contributed by atoms with Gasteiger partial charge in [0.2, 0.25) is 0 Å². The number of fused-ring (bicyclic) bond motifs is 1. The smallest absolute Gasteiger partial charge is 0.253 e. The SMILES string of the molecule is Nc1cc(CCCNC(=O)c2cccc3cn[nH]c23)nn1-c1ccccc1. The van der Waals surface area contributed by atoms with Crippen LogP contribution in [0.4, 0.5) is 5.82 Å². The van der Waals surface area contributed by atoms with E-state index in [0.29, 0.717) is 17.9 Å². The van der Waals surface area contributed by atoms with Gasteiger partial charge < -0.3 is 11.1 Å². The fraction of sp³-hybridized carbons (Fsp3) is 0.150. The van der Waals surface area contributed by atoms with E-state index < -0.39 is 0 Å². The molecule has 7 heteroatoms. The number of nitrogen functional groups attached to an aromatic ring is 1. The van der Waals surface area contributed by atoms with E-state index in [9.17, 15) is 4.79 Å². The molecule has 0 radical (unpaired) electrons. The van der Waals surface area contributed by atoms with Gasteiger partial charge in [-0.05, 0) is 31.0 Å². The highest BCUT2D eigenvalue weighted by atomic mass is 16.1. The quantitative estimate of drug-likeness (QED) is 0.460. The molecule has 2 heterocycles. The molecule has 4 aromatic rings. The molecule has 0 aliphatic heterocycles.